The molecule has 3 rings (SSSR count). The molecule has 2 aromatic rings. The Labute approximate surface area is 117 Å². The van der Waals surface area contributed by atoms with Gasteiger partial charge in [0.2, 0.25) is 0 Å². The number of hydrogen-bond acceptors (Lipinski definition) is 4. The van der Waals surface area contributed by atoms with Gasteiger partial charge in [-0.15, -0.1) is 0 Å². The molecule has 104 valence electrons. The van der Waals surface area contributed by atoms with Crippen LogP contribution in [-0.2, 0) is 4.74 Å². The van der Waals surface area contributed by atoms with Gasteiger partial charge in [-0.25, -0.2) is 0 Å². The molecular weight excluding hydrogens is 254 g/mol. The highest BCUT2D eigenvalue weighted by Crippen LogP contribution is 2.15. The van der Waals surface area contributed by atoms with Crippen LogP contribution in [0.25, 0.3) is 10.9 Å². The first-order valence-corrected chi connectivity index (χ1v) is 6.77. The van der Waals surface area contributed by atoms with Crippen molar-refractivity contribution >= 4 is 16.8 Å². The largest absolute Gasteiger partial charge is 0.378 e. The number of para-hydroxylation sites is 1. The molecule has 1 aliphatic rings. The number of carbonyl (C=O) groups is 1. The van der Waals surface area contributed by atoms with Gasteiger partial charge in [-0.2, -0.15) is 0 Å². The van der Waals surface area contributed by atoms with Crippen LogP contribution in [0.4, 0.5) is 0 Å². The molecule has 0 bridgehead atoms. The number of carbonyl (C=O) groups excluding carboxylic acids is 1. The third-order valence-corrected chi connectivity index (χ3v) is 3.40. The quantitative estimate of drug-likeness (QED) is 0.872. The molecule has 5 heteroatoms. The summed E-state index contributed by atoms with van der Waals surface area (Å²) in [7, 11) is 0. The van der Waals surface area contributed by atoms with E-state index in [-0.39, 0.29) is 11.9 Å². The summed E-state index contributed by atoms with van der Waals surface area (Å²) >= 11 is 0. The Hall–Kier alpha value is -1.98. The van der Waals surface area contributed by atoms with E-state index in [0.717, 1.165) is 24.1 Å². The van der Waals surface area contributed by atoms with Crippen LogP contribution in [0.15, 0.2) is 36.5 Å². The van der Waals surface area contributed by atoms with Crippen molar-refractivity contribution in [3.63, 3.8) is 0 Å². The minimum atomic E-state index is -0.0732. The molecule has 5 nitrogen and oxygen atoms in total. The number of aromatic nitrogens is 1. The molecule has 2 N–H and O–H groups in total. The van der Waals surface area contributed by atoms with Crippen LogP contribution in [0, 0.1) is 0 Å². The van der Waals surface area contributed by atoms with E-state index in [1.54, 1.807) is 12.3 Å². The Bertz CT molecular complexity index is 604. The van der Waals surface area contributed by atoms with Crippen molar-refractivity contribution in [2.24, 2.45) is 0 Å². The van der Waals surface area contributed by atoms with E-state index in [0.29, 0.717) is 18.7 Å². The predicted molar refractivity (Wildman–Crippen MR) is 76.7 cm³/mol. The van der Waals surface area contributed by atoms with Gasteiger partial charge in [-0.1, -0.05) is 18.2 Å². The number of nitrogens with one attached hydrogen (secondary N) is 2. The van der Waals surface area contributed by atoms with Crippen LogP contribution in [0.5, 0.6) is 0 Å². The third kappa shape index (κ3) is 2.79. The minimum absolute atomic E-state index is 0.0732. The summed E-state index contributed by atoms with van der Waals surface area (Å²) in [5.41, 5.74) is 1.49. The topological polar surface area (TPSA) is 63.2 Å². The molecule has 0 aliphatic carbocycles. The van der Waals surface area contributed by atoms with Gasteiger partial charge in [0.1, 0.15) is 0 Å². The zero-order valence-corrected chi connectivity index (χ0v) is 11.1. The number of ether oxygens (including phenoxy) is 1. The molecule has 0 saturated carbocycles. The summed E-state index contributed by atoms with van der Waals surface area (Å²) in [5, 5.41) is 7.14. The lowest BCUT2D eigenvalue weighted by Gasteiger charge is -2.24. The van der Waals surface area contributed by atoms with Gasteiger partial charge >= 0.3 is 0 Å². The number of hydrogen-bond donors (Lipinski definition) is 2. The fraction of sp³-hybridized carbons (Fsp3) is 0.333. The van der Waals surface area contributed by atoms with Crippen LogP contribution in [0.2, 0.25) is 0 Å². The van der Waals surface area contributed by atoms with Crippen molar-refractivity contribution in [3.8, 4) is 0 Å². The molecule has 1 aromatic heterocycles. The standard InChI is InChI=1S/C15H17N3O2/c19-15(18-9-11-10-20-8-7-16-11)13-5-6-17-14-4-2-1-3-12(13)14/h1-6,11,16H,7-10H2,(H,18,19). The maximum Gasteiger partial charge on any atom is 0.252 e. The SMILES string of the molecule is O=C(NCC1COCCN1)c1ccnc2ccccc12. The summed E-state index contributed by atoms with van der Waals surface area (Å²) in [6, 6.07) is 9.59. The van der Waals surface area contributed by atoms with Crippen LogP contribution >= 0.6 is 0 Å². The van der Waals surface area contributed by atoms with Crippen molar-refractivity contribution in [1.29, 1.82) is 0 Å². The van der Waals surface area contributed by atoms with Gasteiger partial charge in [0.25, 0.3) is 5.91 Å². The number of amides is 1. The molecule has 1 unspecified atom stereocenters. The summed E-state index contributed by atoms with van der Waals surface area (Å²) in [6.45, 7) is 2.77. The fourth-order valence-corrected chi connectivity index (χ4v) is 2.36. The summed E-state index contributed by atoms with van der Waals surface area (Å²) in [5.74, 6) is -0.0732. The zero-order valence-electron chi connectivity index (χ0n) is 11.1. The Morgan fingerprint density at radius 1 is 1.40 bits per heavy atom. The Morgan fingerprint density at radius 2 is 2.30 bits per heavy atom. The number of rotatable bonds is 3. The average molecular weight is 271 g/mol. The van der Waals surface area contributed by atoms with Gasteiger partial charge in [0.15, 0.2) is 0 Å². The first-order chi connectivity index (χ1) is 9.84. The van der Waals surface area contributed by atoms with Crippen LogP contribution in [-0.4, -0.2) is 43.2 Å². The Morgan fingerprint density at radius 3 is 3.15 bits per heavy atom. The Kier molecular flexibility index (Phi) is 3.90. The normalized spacial score (nSPS) is 18.9. The number of pyridine rings is 1. The molecule has 1 atom stereocenters. The van der Waals surface area contributed by atoms with E-state index in [2.05, 4.69) is 15.6 Å². The summed E-state index contributed by atoms with van der Waals surface area (Å²) in [4.78, 5) is 16.6. The second-order valence-electron chi connectivity index (χ2n) is 4.81. The van der Waals surface area contributed by atoms with Crippen molar-refractivity contribution in [2.45, 2.75) is 6.04 Å². The smallest absolute Gasteiger partial charge is 0.252 e. The number of fused-ring (bicyclic) bond motifs is 1. The molecule has 0 radical (unpaired) electrons. The van der Waals surface area contributed by atoms with Gasteiger partial charge in [0, 0.05) is 30.7 Å². The van der Waals surface area contributed by atoms with E-state index in [9.17, 15) is 4.79 Å². The molecule has 1 aromatic carbocycles. The van der Waals surface area contributed by atoms with E-state index in [4.69, 9.17) is 4.74 Å². The van der Waals surface area contributed by atoms with Crippen LogP contribution in [0.3, 0.4) is 0 Å². The second kappa shape index (κ2) is 5.98. The third-order valence-electron chi connectivity index (χ3n) is 3.40. The molecule has 20 heavy (non-hydrogen) atoms. The van der Waals surface area contributed by atoms with Crippen molar-refractivity contribution in [3.05, 3.63) is 42.1 Å². The Balaban J connectivity index is 1.72. The predicted octanol–water partition coefficient (Wildman–Crippen LogP) is 0.953. The molecular formula is C15H17N3O2. The zero-order chi connectivity index (χ0) is 13.8. The molecule has 1 saturated heterocycles. The van der Waals surface area contributed by atoms with Crippen LogP contribution < -0.4 is 10.6 Å². The van der Waals surface area contributed by atoms with Gasteiger partial charge in [-0.3, -0.25) is 9.78 Å². The van der Waals surface area contributed by atoms with Crippen molar-refractivity contribution < 1.29 is 9.53 Å². The second-order valence-corrected chi connectivity index (χ2v) is 4.81. The number of nitrogens with zero attached hydrogens (tertiary/aromatic N) is 1. The lowest BCUT2D eigenvalue weighted by molar-refractivity contribution is 0.0735. The van der Waals surface area contributed by atoms with Crippen LogP contribution in [0.1, 0.15) is 10.4 Å². The molecule has 0 spiro atoms. The van der Waals surface area contributed by atoms with Crippen molar-refractivity contribution in [2.75, 3.05) is 26.3 Å². The fourth-order valence-electron chi connectivity index (χ4n) is 2.36. The van der Waals surface area contributed by atoms with Crippen molar-refractivity contribution in [1.82, 2.24) is 15.6 Å². The number of morpholine rings is 1. The summed E-state index contributed by atoms with van der Waals surface area (Å²) < 4.78 is 5.37. The highest BCUT2D eigenvalue weighted by Gasteiger charge is 2.15. The average Bonchev–Trinajstić information content (AvgIpc) is 2.53. The first kappa shape index (κ1) is 13.0. The monoisotopic (exact) mass is 271 g/mol. The molecule has 2 heterocycles. The maximum atomic E-state index is 12.3. The van der Waals surface area contributed by atoms with E-state index in [1.165, 1.54) is 0 Å². The van der Waals surface area contributed by atoms with E-state index < -0.39 is 0 Å². The molecule has 1 amide bonds. The first-order valence-electron chi connectivity index (χ1n) is 6.77. The summed E-state index contributed by atoms with van der Waals surface area (Å²) in [6.07, 6.45) is 1.67. The minimum Gasteiger partial charge on any atom is -0.378 e. The highest BCUT2D eigenvalue weighted by atomic mass is 16.5. The van der Waals surface area contributed by atoms with E-state index in [1.807, 2.05) is 24.3 Å². The molecule has 1 fully saturated rings. The van der Waals surface area contributed by atoms with Gasteiger partial charge in [-0.05, 0) is 12.1 Å². The van der Waals surface area contributed by atoms with Gasteiger partial charge in [0.05, 0.1) is 24.3 Å². The number of benzene rings is 1. The molecule has 1 aliphatic heterocycles. The highest BCUT2D eigenvalue weighted by molar-refractivity contribution is 6.05. The van der Waals surface area contributed by atoms with E-state index >= 15 is 0 Å². The lowest BCUT2D eigenvalue weighted by atomic mass is 10.1. The maximum absolute atomic E-state index is 12.3. The lowest BCUT2D eigenvalue weighted by Crippen LogP contribution is -2.48. The van der Waals surface area contributed by atoms with Gasteiger partial charge < -0.3 is 15.4 Å².